The van der Waals surface area contributed by atoms with E-state index in [0.29, 0.717) is 0 Å². The predicted octanol–water partition coefficient (Wildman–Crippen LogP) is 2.59. The quantitative estimate of drug-likeness (QED) is 0.486. The molecule has 2 rings (SSSR count). The van der Waals surface area contributed by atoms with Crippen LogP contribution in [0.1, 0.15) is 39.0 Å². The fourth-order valence-corrected chi connectivity index (χ4v) is 2.46. The van der Waals surface area contributed by atoms with Gasteiger partial charge in [-0.1, -0.05) is 19.8 Å². The summed E-state index contributed by atoms with van der Waals surface area (Å²) in [5, 5.41) is 0. The van der Waals surface area contributed by atoms with Crippen LogP contribution in [-0.4, -0.2) is 0 Å². The molecule has 0 aromatic rings. The maximum atomic E-state index is 2.35. The van der Waals surface area contributed by atoms with Crippen molar-refractivity contribution in [1.29, 1.82) is 0 Å². The van der Waals surface area contributed by atoms with Crippen LogP contribution in [0.5, 0.6) is 0 Å². The normalized spacial score (nSPS) is 51.4. The summed E-state index contributed by atoms with van der Waals surface area (Å²) in [4.78, 5) is 0. The van der Waals surface area contributed by atoms with E-state index < -0.39 is 0 Å². The molecule has 0 aromatic heterocycles. The topological polar surface area (TPSA) is 0 Å². The zero-order valence-corrected chi connectivity index (χ0v) is 5.61. The van der Waals surface area contributed by atoms with Crippen molar-refractivity contribution in [3.8, 4) is 0 Å². The molecule has 0 aliphatic heterocycles. The molecule has 0 N–H and O–H groups in total. The van der Waals surface area contributed by atoms with Crippen LogP contribution < -0.4 is 0 Å². The van der Waals surface area contributed by atoms with E-state index in [2.05, 4.69) is 6.92 Å². The van der Waals surface area contributed by atoms with E-state index in [4.69, 9.17) is 0 Å². The molecule has 0 unspecified atom stereocenters. The van der Waals surface area contributed by atoms with Gasteiger partial charge in [0.2, 0.25) is 0 Å². The molecule has 0 heterocycles. The van der Waals surface area contributed by atoms with Gasteiger partial charge in [-0.3, -0.25) is 0 Å². The van der Waals surface area contributed by atoms with Gasteiger partial charge in [0, 0.05) is 0 Å². The summed E-state index contributed by atoms with van der Waals surface area (Å²) in [6.45, 7) is 2.35. The molecule has 0 amide bonds. The summed E-state index contributed by atoms with van der Waals surface area (Å²) in [5.74, 6) is 1.17. The Morgan fingerprint density at radius 2 is 2.50 bits per heavy atom. The molecule has 0 spiro atoms. The summed E-state index contributed by atoms with van der Waals surface area (Å²) < 4.78 is 0. The van der Waals surface area contributed by atoms with Crippen LogP contribution in [0, 0.1) is 11.3 Å². The fourth-order valence-electron chi connectivity index (χ4n) is 2.46. The third-order valence-corrected chi connectivity index (χ3v) is 3.29. The maximum absolute atomic E-state index is 2.35. The van der Waals surface area contributed by atoms with Crippen molar-refractivity contribution in [2.45, 2.75) is 39.0 Å². The summed E-state index contributed by atoms with van der Waals surface area (Å²) >= 11 is 0. The van der Waals surface area contributed by atoms with Crippen LogP contribution in [0.25, 0.3) is 0 Å². The van der Waals surface area contributed by atoms with Gasteiger partial charge >= 0.3 is 0 Å². The molecule has 0 aromatic carbocycles. The van der Waals surface area contributed by atoms with Crippen LogP contribution in [0.4, 0.5) is 0 Å². The van der Waals surface area contributed by atoms with E-state index in [1.165, 1.54) is 18.8 Å². The van der Waals surface area contributed by atoms with Gasteiger partial charge in [-0.25, -0.2) is 0 Å². The van der Waals surface area contributed by atoms with Gasteiger partial charge in [-0.15, -0.1) is 0 Å². The Labute approximate surface area is 51.3 Å². The highest BCUT2D eigenvalue weighted by Crippen LogP contribution is 2.65. The van der Waals surface area contributed by atoms with Gasteiger partial charge in [0.05, 0.1) is 0 Å². The Morgan fingerprint density at radius 3 is 2.75 bits per heavy atom. The third kappa shape index (κ3) is 0.416. The average molecular weight is 110 g/mol. The molecule has 0 radical (unpaired) electrons. The van der Waals surface area contributed by atoms with Gasteiger partial charge in [0.1, 0.15) is 0 Å². The van der Waals surface area contributed by atoms with E-state index in [1.54, 1.807) is 19.3 Å². The lowest BCUT2D eigenvalue weighted by atomic mass is 10.0. The Bertz CT molecular complexity index is 103. The standard InChI is InChI=1S/C8H14/c1-2-8-5-3-4-7(8)6-8/h7H,2-6H2,1H3/t7-,8+/m0/s1. The van der Waals surface area contributed by atoms with E-state index in [-0.39, 0.29) is 0 Å². The predicted molar refractivity (Wildman–Crippen MR) is 34.7 cm³/mol. The molecule has 2 aliphatic rings. The SMILES string of the molecule is CC[C@]12CCC[C@H]1C2. The molecule has 0 nitrogen and oxygen atoms in total. The van der Waals surface area contributed by atoms with Crippen molar-refractivity contribution in [2.24, 2.45) is 11.3 Å². The number of hydrogen-bond donors (Lipinski definition) is 0. The molecule has 46 valence electrons. The number of hydrogen-bond acceptors (Lipinski definition) is 0. The lowest BCUT2D eigenvalue weighted by molar-refractivity contribution is 0.470. The van der Waals surface area contributed by atoms with Crippen LogP contribution in [0.3, 0.4) is 0 Å². The first-order chi connectivity index (χ1) is 3.87. The third-order valence-electron chi connectivity index (χ3n) is 3.29. The Morgan fingerprint density at radius 1 is 1.62 bits per heavy atom. The highest BCUT2D eigenvalue weighted by atomic mass is 14.6. The van der Waals surface area contributed by atoms with Crippen molar-refractivity contribution >= 4 is 0 Å². The van der Waals surface area contributed by atoms with Gasteiger partial charge in [0.15, 0.2) is 0 Å². The van der Waals surface area contributed by atoms with Gasteiger partial charge in [0.25, 0.3) is 0 Å². The first-order valence-electron chi connectivity index (χ1n) is 3.87. The molecule has 2 atom stereocenters. The van der Waals surface area contributed by atoms with Crippen LogP contribution in [0.2, 0.25) is 0 Å². The van der Waals surface area contributed by atoms with Gasteiger partial charge < -0.3 is 0 Å². The van der Waals surface area contributed by atoms with Crippen molar-refractivity contribution in [3.05, 3.63) is 0 Å². The molecule has 2 aliphatic carbocycles. The second-order valence-electron chi connectivity index (χ2n) is 3.51. The fraction of sp³-hybridized carbons (Fsp3) is 1.00. The van der Waals surface area contributed by atoms with Crippen molar-refractivity contribution < 1.29 is 0 Å². The van der Waals surface area contributed by atoms with Crippen LogP contribution in [-0.2, 0) is 0 Å². The van der Waals surface area contributed by atoms with E-state index in [9.17, 15) is 0 Å². The summed E-state index contributed by atoms with van der Waals surface area (Å²) in [5.41, 5.74) is 0.903. The molecule has 0 heteroatoms. The minimum Gasteiger partial charge on any atom is -0.0648 e. The van der Waals surface area contributed by atoms with Crippen LogP contribution >= 0.6 is 0 Å². The Hall–Kier alpha value is 0. The van der Waals surface area contributed by atoms with Gasteiger partial charge in [-0.2, -0.15) is 0 Å². The first kappa shape index (κ1) is 4.84. The molecular weight excluding hydrogens is 96.1 g/mol. The van der Waals surface area contributed by atoms with Gasteiger partial charge in [-0.05, 0) is 30.6 Å². The number of fused-ring (bicyclic) bond motifs is 1. The molecule has 2 saturated carbocycles. The highest BCUT2D eigenvalue weighted by Gasteiger charge is 2.54. The summed E-state index contributed by atoms with van der Waals surface area (Å²) in [7, 11) is 0. The molecule has 8 heavy (non-hydrogen) atoms. The van der Waals surface area contributed by atoms with Crippen molar-refractivity contribution in [2.75, 3.05) is 0 Å². The van der Waals surface area contributed by atoms with E-state index in [1.807, 2.05) is 0 Å². The minimum absolute atomic E-state index is 0.903. The average Bonchev–Trinajstić information content (AvgIpc) is 2.38. The maximum Gasteiger partial charge on any atom is -0.0269 e. The largest absolute Gasteiger partial charge is 0.0648 e. The zero-order valence-electron chi connectivity index (χ0n) is 5.61. The zero-order chi connectivity index (χ0) is 5.61. The summed E-state index contributed by atoms with van der Waals surface area (Å²) in [6.07, 6.45) is 7.65. The lowest BCUT2D eigenvalue weighted by Crippen LogP contribution is -1.93. The minimum atomic E-state index is 0.903. The Kier molecular flexibility index (Phi) is 0.778. The molecule has 0 saturated heterocycles. The monoisotopic (exact) mass is 110 g/mol. The second-order valence-corrected chi connectivity index (χ2v) is 3.51. The molecule has 0 bridgehead atoms. The first-order valence-corrected chi connectivity index (χ1v) is 3.87. The summed E-state index contributed by atoms with van der Waals surface area (Å²) in [6, 6.07) is 0. The number of rotatable bonds is 1. The highest BCUT2D eigenvalue weighted by molar-refractivity contribution is 5.05. The Balaban J connectivity index is 2.08. The van der Waals surface area contributed by atoms with Crippen LogP contribution in [0.15, 0.2) is 0 Å². The van der Waals surface area contributed by atoms with Crippen molar-refractivity contribution in [1.82, 2.24) is 0 Å². The second kappa shape index (κ2) is 1.29. The smallest absolute Gasteiger partial charge is 0.0269 e. The van der Waals surface area contributed by atoms with E-state index >= 15 is 0 Å². The lowest BCUT2D eigenvalue weighted by Gasteiger charge is -2.04. The van der Waals surface area contributed by atoms with Crippen molar-refractivity contribution in [3.63, 3.8) is 0 Å². The van der Waals surface area contributed by atoms with E-state index in [0.717, 1.165) is 5.41 Å². The molecular formula is C8H14. The molecule has 2 fully saturated rings.